The zero-order valence-electron chi connectivity index (χ0n) is 13.5. The minimum Gasteiger partial charge on any atom is -0.495 e. The molecule has 1 heterocycles. The van der Waals surface area contributed by atoms with Crippen molar-refractivity contribution in [2.45, 2.75) is 0 Å². The van der Waals surface area contributed by atoms with Crippen molar-refractivity contribution in [3.8, 4) is 5.75 Å². The summed E-state index contributed by atoms with van der Waals surface area (Å²) in [6.45, 7) is 0. The van der Waals surface area contributed by atoms with Crippen molar-refractivity contribution in [3.63, 3.8) is 0 Å². The number of thiocarbonyl (C=S) groups is 1. The molecular weight excluding hydrogens is 395 g/mol. The van der Waals surface area contributed by atoms with Gasteiger partial charge in [0.2, 0.25) is 0 Å². The monoisotopic (exact) mass is 406 g/mol. The van der Waals surface area contributed by atoms with Crippen molar-refractivity contribution >= 4 is 64.1 Å². The Balaban J connectivity index is 1.99. The molecule has 2 aromatic carbocycles. The van der Waals surface area contributed by atoms with E-state index in [0.717, 1.165) is 0 Å². The maximum absolute atomic E-state index is 12.9. The Morgan fingerprint density at radius 2 is 1.81 bits per heavy atom. The van der Waals surface area contributed by atoms with Gasteiger partial charge in [-0.25, -0.2) is 0 Å². The van der Waals surface area contributed by atoms with Crippen molar-refractivity contribution in [1.29, 1.82) is 0 Å². The smallest absolute Gasteiger partial charge is 0.270 e. The van der Waals surface area contributed by atoms with E-state index in [1.165, 1.54) is 18.1 Å². The van der Waals surface area contributed by atoms with Crippen LogP contribution in [0.1, 0.15) is 5.56 Å². The van der Waals surface area contributed by atoms with Gasteiger partial charge in [-0.2, -0.15) is 0 Å². The molecular formula is C18H12Cl2N2O3S. The van der Waals surface area contributed by atoms with E-state index in [1.54, 1.807) is 42.5 Å². The molecule has 1 N–H and O–H groups in total. The molecule has 0 aromatic heterocycles. The number of ether oxygens (including phenoxy) is 1. The number of nitrogens with one attached hydrogen (secondary N) is 1. The fourth-order valence-electron chi connectivity index (χ4n) is 2.42. The first-order valence-electron chi connectivity index (χ1n) is 7.41. The Labute approximate surface area is 165 Å². The van der Waals surface area contributed by atoms with E-state index in [0.29, 0.717) is 27.0 Å². The standard InChI is InChI=1S/C18H12Cl2N2O3S/c1-25-15-7-2-10(9-14(15)20)8-13-16(23)21-18(26)22(17(13)24)12-5-3-11(19)4-6-12/h2-9H,1H3,(H,21,23,26). The second-order valence-electron chi connectivity index (χ2n) is 5.33. The van der Waals surface area contributed by atoms with Crippen LogP contribution in [0.3, 0.4) is 0 Å². The summed E-state index contributed by atoms with van der Waals surface area (Å²) in [5.41, 5.74) is 1.02. The highest BCUT2D eigenvalue weighted by atomic mass is 35.5. The van der Waals surface area contributed by atoms with Crippen LogP contribution in [0, 0.1) is 0 Å². The molecule has 0 aliphatic carbocycles. The molecule has 0 radical (unpaired) electrons. The second-order valence-corrected chi connectivity index (χ2v) is 6.56. The molecule has 1 aliphatic rings. The van der Waals surface area contributed by atoms with E-state index < -0.39 is 11.8 Å². The third-order valence-corrected chi connectivity index (χ3v) is 4.51. The van der Waals surface area contributed by atoms with Crippen LogP contribution in [0.2, 0.25) is 10.0 Å². The molecule has 132 valence electrons. The van der Waals surface area contributed by atoms with Crippen LogP contribution in [0.5, 0.6) is 5.75 Å². The number of halogens is 2. The Bertz CT molecular complexity index is 942. The lowest BCUT2D eigenvalue weighted by atomic mass is 10.1. The maximum Gasteiger partial charge on any atom is 0.270 e. The maximum atomic E-state index is 12.9. The second kappa shape index (κ2) is 7.45. The minimum atomic E-state index is -0.572. The molecule has 0 atom stereocenters. The van der Waals surface area contributed by atoms with Crippen molar-refractivity contribution in [2.75, 3.05) is 12.0 Å². The molecule has 5 nitrogen and oxygen atoms in total. The molecule has 1 fully saturated rings. The van der Waals surface area contributed by atoms with Crippen LogP contribution in [-0.4, -0.2) is 24.0 Å². The highest BCUT2D eigenvalue weighted by Crippen LogP contribution is 2.27. The zero-order chi connectivity index (χ0) is 18.8. The summed E-state index contributed by atoms with van der Waals surface area (Å²) in [6.07, 6.45) is 1.45. The number of nitrogens with zero attached hydrogens (tertiary/aromatic N) is 1. The van der Waals surface area contributed by atoms with Crippen LogP contribution in [0.4, 0.5) is 5.69 Å². The third kappa shape index (κ3) is 3.58. The number of methoxy groups -OCH3 is 1. The van der Waals surface area contributed by atoms with Crippen LogP contribution in [0.25, 0.3) is 6.08 Å². The fourth-order valence-corrected chi connectivity index (χ4v) is 3.09. The van der Waals surface area contributed by atoms with Gasteiger partial charge in [-0.05, 0) is 60.3 Å². The van der Waals surface area contributed by atoms with Crippen molar-refractivity contribution in [3.05, 3.63) is 63.6 Å². The Morgan fingerprint density at radius 3 is 2.42 bits per heavy atom. The summed E-state index contributed by atoms with van der Waals surface area (Å²) in [6, 6.07) is 11.5. The zero-order valence-corrected chi connectivity index (χ0v) is 15.8. The SMILES string of the molecule is COc1ccc(C=C2C(=O)NC(=S)N(c3ccc(Cl)cc3)C2=O)cc1Cl. The van der Waals surface area contributed by atoms with Gasteiger partial charge in [0.05, 0.1) is 17.8 Å². The molecule has 1 saturated heterocycles. The van der Waals surface area contributed by atoms with Gasteiger partial charge in [-0.1, -0.05) is 29.3 Å². The number of amides is 2. The molecule has 0 spiro atoms. The number of hydrogen-bond donors (Lipinski definition) is 1. The quantitative estimate of drug-likeness (QED) is 0.477. The number of benzene rings is 2. The van der Waals surface area contributed by atoms with E-state index in [1.807, 2.05) is 0 Å². The molecule has 2 amide bonds. The number of hydrogen-bond acceptors (Lipinski definition) is 4. The highest BCUT2D eigenvalue weighted by Gasteiger charge is 2.34. The largest absolute Gasteiger partial charge is 0.495 e. The highest BCUT2D eigenvalue weighted by molar-refractivity contribution is 7.80. The van der Waals surface area contributed by atoms with Crippen LogP contribution in [0.15, 0.2) is 48.0 Å². The Kier molecular flexibility index (Phi) is 5.27. The number of rotatable bonds is 3. The predicted molar refractivity (Wildman–Crippen MR) is 106 cm³/mol. The molecule has 1 aliphatic heterocycles. The fraction of sp³-hybridized carbons (Fsp3) is 0.0556. The summed E-state index contributed by atoms with van der Waals surface area (Å²) in [4.78, 5) is 26.4. The third-order valence-electron chi connectivity index (χ3n) is 3.67. The molecule has 0 bridgehead atoms. The van der Waals surface area contributed by atoms with Gasteiger partial charge in [0.1, 0.15) is 11.3 Å². The Morgan fingerprint density at radius 1 is 1.12 bits per heavy atom. The van der Waals surface area contributed by atoms with E-state index in [2.05, 4.69) is 5.32 Å². The Hall–Kier alpha value is -2.41. The van der Waals surface area contributed by atoms with Crippen LogP contribution >= 0.6 is 35.4 Å². The first kappa shape index (κ1) is 18.4. The van der Waals surface area contributed by atoms with Gasteiger partial charge >= 0.3 is 0 Å². The van der Waals surface area contributed by atoms with E-state index in [-0.39, 0.29) is 10.7 Å². The first-order chi connectivity index (χ1) is 12.4. The number of anilines is 1. The average Bonchev–Trinajstić information content (AvgIpc) is 2.60. The van der Waals surface area contributed by atoms with Crippen LogP contribution < -0.4 is 15.0 Å². The topological polar surface area (TPSA) is 58.6 Å². The lowest BCUT2D eigenvalue weighted by molar-refractivity contribution is -0.122. The van der Waals surface area contributed by atoms with Gasteiger partial charge in [-0.15, -0.1) is 0 Å². The van der Waals surface area contributed by atoms with Gasteiger partial charge in [0.25, 0.3) is 11.8 Å². The number of carbonyl (C=O) groups is 2. The number of carbonyl (C=O) groups excluding carboxylic acids is 2. The minimum absolute atomic E-state index is 0.00670. The van der Waals surface area contributed by atoms with E-state index >= 15 is 0 Å². The molecule has 0 unspecified atom stereocenters. The lowest BCUT2D eigenvalue weighted by Gasteiger charge is -2.29. The predicted octanol–water partition coefficient (Wildman–Crippen LogP) is 3.83. The average molecular weight is 407 g/mol. The summed E-state index contributed by atoms with van der Waals surface area (Å²) in [5.74, 6) is -0.609. The van der Waals surface area contributed by atoms with Gasteiger partial charge in [0, 0.05) is 5.02 Å². The van der Waals surface area contributed by atoms with Gasteiger partial charge in [0.15, 0.2) is 5.11 Å². The summed E-state index contributed by atoms with van der Waals surface area (Å²) < 4.78 is 5.10. The van der Waals surface area contributed by atoms with Crippen molar-refractivity contribution < 1.29 is 14.3 Å². The molecule has 26 heavy (non-hydrogen) atoms. The normalized spacial score (nSPS) is 16.0. The summed E-state index contributed by atoms with van der Waals surface area (Å²) >= 11 is 17.1. The van der Waals surface area contributed by atoms with E-state index in [9.17, 15) is 9.59 Å². The van der Waals surface area contributed by atoms with Crippen molar-refractivity contribution in [1.82, 2.24) is 5.32 Å². The first-order valence-corrected chi connectivity index (χ1v) is 8.57. The van der Waals surface area contributed by atoms with Crippen molar-refractivity contribution in [2.24, 2.45) is 0 Å². The molecule has 0 saturated carbocycles. The molecule has 8 heteroatoms. The van der Waals surface area contributed by atoms with Gasteiger partial charge in [-0.3, -0.25) is 19.8 Å². The summed E-state index contributed by atoms with van der Waals surface area (Å²) in [5, 5.41) is 3.42. The molecule has 3 rings (SSSR count). The van der Waals surface area contributed by atoms with Gasteiger partial charge < -0.3 is 4.74 Å². The lowest BCUT2D eigenvalue weighted by Crippen LogP contribution is -2.54. The van der Waals surface area contributed by atoms with E-state index in [4.69, 9.17) is 40.2 Å². The molecule has 2 aromatic rings. The van der Waals surface area contributed by atoms with Crippen LogP contribution in [-0.2, 0) is 9.59 Å². The summed E-state index contributed by atoms with van der Waals surface area (Å²) in [7, 11) is 1.50.